The van der Waals surface area contributed by atoms with Crippen LogP contribution in [0.2, 0.25) is 0 Å². The summed E-state index contributed by atoms with van der Waals surface area (Å²) in [7, 11) is 0.769. The molecule has 0 aliphatic heterocycles. The topological polar surface area (TPSA) is 53.5 Å². The third kappa shape index (κ3) is 6.09. The summed E-state index contributed by atoms with van der Waals surface area (Å²) < 4.78 is 12.2. The Bertz CT molecular complexity index is 683. The first-order chi connectivity index (χ1) is 11.6. The first kappa shape index (κ1) is 18.7. The average Bonchev–Trinajstić information content (AvgIpc) is 2.99. The molecule has 0 fully saturated rings. The van der Waals surface area contributed by atoms with Gasteiger partial charge in [0, 0.05) is 46.5 Å². The first-order valence-electron chi connectivity index (χ1n) is 8.04. The lowest BCUT2D eigenvalue weighted by Gasteiger charge is -2.17. The Balaban J connectivity index is 1.75. The molecule has 1 aromatic heterocycles. The van der Waals surface area contributed by atoms with Gasteiger partial charge >= 0.3 is 0 Å². The van der Waals surface area contributed by atoms with E-state index in [0.29, 0.717) is 12.3 Å². The van der Waals surface area contributed by atoms with Gasteiger partial charge in [-0.25, -0.2) is 0 Å². The molecule has 6 heteroatoms. The fourth-order valence-electron chi connectivity index (χ4n) is 2.33. The molecule has 0 spiro atoms. The Kier molecular flexibility index (Phi) is 7.46. The smallest absolute Gasteiger partial charge is 0.191 e. The second kappa shape index (κ2) is 9.59. The molecule has 24 heavy (non-hydrogen) atoms. The predicted octanol–water partition coefficient (Wildman–Crippen LogP) is 2.96. The van der Waals surface area contributed by atoms with Crippen LogP contribution in [0.15, 0.2) is 52.4 Å². The summed E-state index contributed by atoms with van der Waals surface area (Å²) in [5.41, 5.74) is 0. The molecule has 0 radical (unpaired) electrons. The Labute approximate surface area is 150 Å². The van der Waals surface area contributed by atoms with Crippen molar-refractivity contribution in [2.45, 2.75) is 31.2 Å². The van der Waals surface area contributed by atoms with Gasteiger partial charge < -0.3 is 10.6 Å². The van der Waals surface area contributed by atoms with Gasteiger partial charge in [0.05, 0.1) is 10.8 Å². The number of aliphatic imine (C=N–C) groups is 1. The maximum atomic E-state index is 12.2. The van der Waals surface area contributed by atoms with Crippen molar-refractivity contribution in [1.29, 1.82) is 0 Å². The van der Waals surface area contributed by atoms with E-state index in [1.165, 1.54) is 9.75 Å². The molecule has 4 nitrogen and oxygen atoms in total. The highest BCUT2D eigenvalue weighted by Crippen LogP contribution is 2.16. The van der Waals surface area contributed by atoms with Crippen molar-refractivity contribution in [2.75, 3.05) is 19.3 Å². The summed E-state index contributed by atoms with van der Waals surface area (Å²) in [4.78, 5) is 7.81. The number of aryl methyl sites for hydroxylation is 1. The number of guanidine groups is 1. The van der Waals surface area contributed by atoms with Crippen molar-refractivity contribution in [3.63, 3.8) is 0 Å². The van der Waals surface area contributed by atoms with E-state index in [9.17, 15) is 4.21 Å². The zero-order valence-corrected chi connectivity index (χ0v) is 16.0. The largest absolute Gasteiger partial charge is 0.355 e. The molecule has 130 valence electrons. The van der Waals surface area contributed by atoms with E-state index in [1.807, 2.05) is 41.7 Å². The summed E-state index contributed by atoms with van der Waals surface area (Å²) in [5, 5.41) is 6.63. The van der Waals surface area contributed by atoms with Gasteiger partial charge in [0.25, 0.3) is 0 Å². The molecule has 2 aromatic rings. The van der Waals surface area contributed by atoms with Gasteiger partial charge in [0.15, 0.2) is 5.96 Å². The molecule has 0 bridgehead atoms. The molecule has 2 unspecified atom stereocenters. The monoisotopic (exact) mass is 363 g/mol. The van der Waals surface area contributed by atoms with Crippen molar-refractivity contribution < 1.29 is 4.21 Å². The lowest BCUT2D eigenvalue weighted by Crippen LogP contribution is -2.44. The van der Waals surface area contributed by atoms with E-state index >= 15 is 0 Å². The maximum absolute atomic E-state index is 12.2. The highest BCUT2D eigenvalue weighted by molar-refractivity contribution is 7.85. The van der Waals surface area contributed by atoms with Gasteiger partial charge in [-0.15, -0.1) is 11.3 Å². The van der Waals surface area contributed by atoms with Crippen LogP contribution in [0.1, 0.15) is 16.7 Å². The van der Waals surface area contributed by atoms with Crippen LogP contribution in [0.5, 0.6) is 0 Å². The van der Waals surface area contributed by atoms with E-state index in [2.05, 4.69) is 41.6 Å². The van der Waals surface area contributed by atoms with Crippen molar-refractivity contribution in [2.24, 2.45) is 4.99 Å². The number of thiophene rings is 1. The zero-order valence-electron chi connectivity index (χ0n) is 14.4. The quantitative estimate of drug-likeness (QED) is 0.587. The molecule has 0 aliphatic carbocycles. The van der Waals surface area contributed by atoms with Crippen LogP contribution in [-0.4, -0.2) is 35.6 Å². The van der Waals surface area contributed by atoms with Crippen LogP contribution in [0.25, 0.3) is 0 Å². The first-order valence-corrected chi connectivity index (χ1v) is 10.2. The summed E-state index contributed by atoms with van der Waals surface area (Å²) >= 11 is 1.83. The van der Waals surface area contributed by atoms with Crippen LogP contribution in [0.3, 0.4) is 0 Å². The summed E-state index contributed by atoms with van der Waals surface area (Å²) in [6.07, 6.45) is 0.967. The van der Waals surface area contributed by atoms with Crippen LogP contribution in [0.4, 0.5) is 0 Å². The summed E-state index contributed by atoms with van der Waals surface area (Å²) in [5.74, 6) is 1.31. The molecule has 2 N–H and O–H groups in total. The molecule has 0 saturated carbocycles. The number of benzene rings is 1. The summed E-state index contributed by atoms with van der Waals surface area (Å²) in [6.45, 7) is 4.88. The number of rotatable bonds is 7. The fraction of sp³-hybridized carbons (Fsp3) is 0.389. The number of hydrogen-bond acceptors (Lipinski definition) is 3. The van der Waals surface area contributed by atoms with Gasteiger partial charge in [0.2, 0.25) is 0 Å². The maximum Gasteiger partial charge on any atom is 0.191 e. The SMILES string of the molecule is CN=C(NCCS(=O)c1ccccc1)NC(C)Cc1ccc(C)s1. The Morgan fingerprint density at radius 3 is 2.62 bits per heavy atom. The Morgan fingerprint density at radius 1 is 1.25 bits per heavy atom. The molecule has 2 rings (SSSR count). The minimum Gasteiger partial charge on any atom is -0.355 e. The van der Waals surface area contributed by atoms with E-state index < -0.39 is 10.8 Å². The van der Waals surface area contributed by atoms with Crippen molar-refractivity contribution >= 4 is 28.1 Å². The van der Waals surface area contributed by atoms with Crippen molar-refractivity contribution in [1.82, 2.24) is 10.6 Å². The van der Waals surface area contributed by atoms with E-state index in [-0.39, 0.29) is 6.04 Å². The van der Waals surface area contributed by atoms with Crippen molar-refractivity contribution in [3.8, 4) is 0 Å². The van der Waals surface area contributed by atoms with Gasteiger partial charge in [-0.1, -0.05) is 18.2 Å². The van der Waals surface area contributed by atoms with Crippen LogP contribution in [-0.2, 0) is 17.2 Å². The molecule has 1 heterocycles. The number of nitrogens with one attached hydrogen (secondary N) is 2. The average molecular weight is 364 g/mol. The van der Waals surface area contributed by atoms with E-state index in [1.54, 1.807) is 7.05 Å². The van der Waals surface area contributed by atoms with Crippen LogP contribution < -0.4 is 10.6 Å². The molecular weight excluding hydrogens is 338 g/mol. The Morgan fingerprint density at radius 2 is 2.00 bits per heavy atom. The third-order valence-corrected chi connectivity index (χ3v) is 5.89. The standard InChI is InChI=1S/C18H25N3OS2/c1-14(13-16-10-9-15(2)23-16)21-18(19-3)20-11-12-24(22)17-7-5-4-6-8-17/h4-10,14H,11-13H2,1-3H3,(H2,19,20,21). The molecule has 2 atom stereocenters. The minimum atomic E-state index is -0.987. The van der Waals surface area contributed by atoms with E-state index in [0.717, 1.165) is 17.3 Å². The molecule has 0 saturated heterocycles. The highest BCUT2D eigenvalue weighted by atomic mass is 32.2. The number of hydrogen-bond donors (Lipinski definition) is 2. The zero-order chi connectivity index (χ0) is 17.4. The van der Waals surface area contributed by atoms with Gasteiger partial charge in [-0.3, -0.25) is 9.20 Å². The Hall–Kier alpha value is -1.66. The summed E-state index contributed by atoms with van der Waals surface area (Å²) in [6, 6.07) is 14.2. The lowest BCUT2D eigenvalue weighted by molar-refractivity contribution is 0.647. The fourth-order valence-corrected chi connectivity index (χ4v) is 4.33. The highest BCUT2D eigenvalue weighted by Gasteiger charge is 2.08. The van der Waals surface area contributed by atoms with Crippen LogP contribution >= 0.6 is 11.3 Å². The molecule has 0 amide bonds. The predicted molar refractivity (Wildman–Crippen MR) is 104 cm³/mol. The third-order valence-electron chi connectivity index (χ3n) is 3.50. The van der Waals surface area contributed by atoms with Crippen LogP contribution in [0, 0.1) is 6.92 Å². The van der Waals surface area contributed by atoms with Crippen molar-refractivity contribution in [3.05, 3.63) is 52.2 Å². The van der Waals surface area contributed by atoms with Gasteiger partial charge in [-0.05, 0) is 38.1 Å². The van der Waals surface area contributed by atoms with Gasteiger partial charge in [-0.2, -0.15) is 0 Å². The second-order valence-electron chi connectivity index (χ2n) is 5.62. The molecule has 0 aliphatic rings. The second-order valence-corrected chi connectivity index (χ2v) is 8.57. The van der Waals surface area contributed by atoms with E-state index in [4.69, 9.17) is 0 Å². The molecule has 1 aromatic carbocycles. The normalized spacial score (nSPS) is 14.2. The minimum absolute atomic E-state index is 0.286. The van der Waals surface area contributed by atoms with Gasteiger partial charge in [0.1, 0.15) is 0 Å². The lowest BCUT2D eigenvalue weighted by atomic mass is 10.2. The molecular formula is C18H25N3OS2. The number of nitrogens with zero attached hydrogens (tertiary/aromatic N) is 1.